The van der Waals surface area contributed by atoms with Crippen molar-refractivity contribution >= 4 is 21.7 Å². The molecule has 0 aliphatic carbocycles. The minimum atomic E-state index is 0.600. The third-order valence-electron chi connectivity index (χ3n) is 3.83. The zero-order chi connectivity index (χ0) is 14.7. The van der Waals surface area contributed by atoms with E-state index in [9.17, 15) is 0 Å². The molecule has 0 atom stereocenters. The lowest BCUT2D eigenvalue weighted by Crippen LogP contribution is -2.37. The van der Waals surface area contributed by atoms with Crippen LogP contribution in [0.4, 0.5) is 5.82 Å². The van der Waals surface area contributed by atoms with E-state index in [-0.39, 0.29) is 0 Å². The number of hydrogen-bond acceptors (Lipinski definition) is 4. The van der Waals surface area contributed by atoms with E-state index in [1.54, 1.807) is 6.20 Å². The second-order valence-corrected chi connectivity index (χ2v) is 6.06. The molecule has 0 unspecified atom stereocenters. The summed E-state index contributed by atoms with van der Waals surface area (Å²) < 4.78 is 6.49. The number of ether oxygens (including phenoxy) is 1. The molecule has 0 amide bonds. The van der Waals surface area contributed by atoms with Gasteiger partial charge < -0.3 is 10.5 Å². The molecule has 0 bridgehead atoms. The Balaban J connectivity index is 1.68. The first-order valence-corrected chi connectivity index (χ1v) is 7.91. The van der Waals surface area contributed by atoms with Crippen LogP contribution in [0.15, 0.2) is 28.9 Å². The molecule has 1 aromatic carbocycles. The van der Waals surface area contributed by atoms with E-state index in [0.717, 1.165) is 54.9 Å². The highest BCUT2D eigenvalue weighted by Crippen LogP contribution is 2.28. The second-order valence-electron chi connectivity index (χ2n) is 5.21. The number of nitrogens with two attached hydrogens (primary N) is 1. The molecule has 6 heteroatoms. The molecule has 3 N–H and O–H groups in total. The Morgan fingerprint density at radius 1 is 1.33 bits per heavy atom. The van der Waals surface area contributed by atoms with Crippen LogP contribution in [0.25, 0.3) is 11.1 Å². The van der Waals surface area contributed by atoms with Crippen LogP contribution in [0.5, 0.6) is 0 Å². The van der Waals surface area contributed by atoms with Gasteiger partial charge in [0.05, 0.1) is 19.4 Å². The fourth-order valence-electron chi connectivity index (χ4n) is 2.55. The van der Waals surface area contributed by atoms with Gasteiger partial charge in [-0.15, -0.1) is 0 Å². The van der Waals surface area contributed by atoms with Gasteiger partial charge in [-0.3, -0.25) is 10.00 Å². The molecule has 21 heavy (non-hydrogen) atoms. The van der Waals surface area contributed by atoms with Crippen LogP contribution >= 0.6 is 15.9 Å². The first-order chi connectivity index (χ1) is 10.2. The van der Waals surface area contributed by atoms with Crippen LogP contribution in [0, 0.1) is 0 Å². The van der Waals surface area contributed by atoms with Crippen molar-refractivity contribution in [1.82, 2.24) is 15.1 Å². The highest BCUT2D eigenvalue weighted by atomic mass is 79.9. The Morgan fingerprint density at radius 2 is 2.14 bits per heavy atom. The summed E-state index contributed by atoms with van der Waals surface area (Å²) >= 11 is 3.67. The van der Waals surface area contributed by atoms with Crippen molar-refractivity contribution in [3.63, 3.8) is 0 Å². The number of benzene rings is 1. The van der Waals surface area contributed by atoms with Gasteiger partial charge in [0.25, 0.3) is 0 Å². The summed E-state index contributed by atoms with van der Waals surface area (Å²) in [7, 11) is 0. The fraction of sp³-hybridized carbons (Fsp3) is 0.400. The van der Waals surface area contributed by atoms with Crippen molar-refractivity contribution < 1.29 is 4.74 Å². The number of hydrogen-bond donors (Lipinski definition) is 2. The van der Waals surface area contributed by atoms with Gasteiger partial charge in [0.2, 0.25) is 0 Å². The van der Waals surface area contributed by atoms with E-state index in [1.807, 2.05) is 0 Å². The summed E-state index contributed by atoms with van der Waals surface area (Å²) in [6.07, 6.45) is 2.78. The number of anilines is 1. The molecule has 2 heterocycles. The smallest absolute Gasteiger partial charge is 0.126 e. The lowest BCUT2D eigenvalue weighted by molar-refractivity contribution is 0.0384. The first-order valence-electron chi connectivity index (χ1n) is 7.12. The van der Waals surface area contributed by atoms with Crippen molar-refractivity contribution in [3.05, 3.63) is 34.4 Å². The third-order valence-corrected chi connectivity index (χ3v) is 4.57. The molecule has 1 saturated heterocycles. The number of aromatic nitrogens is 2. The van der Waals surface area contributed by atoms with E-state index < -0.39 is 0 Å². The third kappa shape index (κ3) is 3.45. The number of rotatable bonds is 4. The summed E-state index contributed by atoms with van der Waals surface area (Å²) in [5.74, 6) is 0.600. The van der Waals surface area contributed by atoms with Crippen molar-refractivity contribution in [1.29, 1.82) is 0 Å². The Kier molecular flexibility index (Phi) is 4.57. The summed E-state index contributed by atoms with van der Waals surface area (Å²) in [6, 6.07) is 6.36. The van der Waals surface area contributed by atoms with E-state index in [2.05, 4.69) is 49.2 Å². The minimum Gasteiger partial charge on any atom is -0.384 e. The van der Waals surface area contributed by atoms with Crippen LogP contribution in [0.1, 0.15) is 5.56 Å². The number of nitrogens with zero attached hydrogens (tertiary/aromatic N) is 2. The molecule has 0 spiro atoms. The van der Waals surface area contributed by atoms with Gasteiger partial charge in [0, 0.05) is 29.7 Å². The average Bonchev–Trinajstić information content (AvgIpc) is 2.93. The van der Waals surface area contributed by atoms with Gasteiger partial charge in [-0.05, 0) is 23.6 Å². The van der Waals surface area contributed by atoms with Crippen molar-refractivity contribution in [2.24, 2.45) is 0 Å². The zero-order valence-corrected chi connectivity index (χ0v) is 13.4. The summed E-state index contributed by atoms with van der Waals surface area (Å²) in [4.78, 5) is 2.44. The van der Waals surface area contributed by atoms with Gasteiger partial charge in [0.1, 0.15) is 5.82 Å². The molecule has 1 fully saturated rings. The maximum absolute atomic E-state index is 5.87. The number of morpholine rings is 1. The monoisotopic (exact) mass is 350 g/mol. The van der Waals surface area contributed by atoms with Crippen LogP contribution < -0.4 is 5.73 Å². The molecular weight excluding hydrogens is 332 g/mol. The first kappa shape index (κ1) is 14.6. The Bertz CT molecular complexity index is 607. The SMILES string of the molecule is Nc1[nH]ncc1-c1ccc(CCN2CCOCC2)c(Br)c1. The standard InChI is InChI=1S/C15H19BrN4O/c16-14-9-12(13-10-18-19-15(13)17)2-1-11(14)3-4-20-5-7-21-8-6-20/h1-2,9-10H,3-8H2,(H3,17,18,19). The van der Waals surface area contributed by atoms with E-state index in [1.165, 1.54) is 5.56 Å². The van der Waals surface area contributed by atoms with Gasteiger partial charge in [0.15, 0.2) is 0 Å². The van der Waals surface area contributed by atoms with Crippen molar-refractivity contribution in [2.75, 3.05) is 38.6 Å². The Labute approximate surface area is 132 Å². The molecule has 1 aliphatic rings. The van der Waals surface area contributed by atoms with Crippen molar-refractivity contribution in [3.8, 4) is 11.1 Å². The van der Waals surface area contributed by atoms with Gasteiger partial charge in [-0.2, -0.15) is 5.10 Å². The number of halogens is 1. The number of H-pyrrole nitrogens is 1. The molecule has 0 saturated carbocycles. The van der Waals surface area contributed by atoms with Gasteiger partial charge in [-0.25, -0.2) is 0 Å². The fourth-order valence-corrected chi connectivity index (χ4v) is 3.12. The predicted molar refractivity (Wildman–Crippen MR) is 87.1 cm³/mol. The quantitative estimate of drug-likeness (QED) is 0.887. The topological polar surface area (TPSA) is 67.2 Å². The maximum Gasteiger partial charge on any atom is 0.126 e. The molecule has 1 aromatic heterocycles. The van der Waals surface area contributed by atoms with E-state index in [0.29, 0.717) is 5.82 Å². The highest BCUT2D eigenvalue weighted by Gasteiger charge is 2.12. The predicted octanol–water partition coefficient (Wildman–Crippen LogP) is 2.30. The molecule has 0 radical (unpaired) electrons. The van der Waals surface area contributed by atoms with Crippen LogP contribution in [-0.4, -0.2) is 47.9 Å². The summed E-state index contributed by atoms with van der Waals surface area (Å²) in [5, 5.41) is 6.73. The van der Waals surface area contributed by atoms with E-state index >= 15 is 0 Å². The molecule has 5 nitrogen and oxygen atoms in total. The number of nitrogens with one attached hydrogen (secondary N) is 1. The normalized spacial score (nSPS) is 16.2. The van der Waals surface area contributed by atoms with Gasteiger partial charge in [-0.1, -0.05) is 28.1 Å². The molecule has 1 aliphatic heterocycles. The molecular formula is C15H19BrN4O. The van der Waals surface area contributed by atoms with Crippen LogP contribution in [0.2, 0.25) is 0 Å². The van der Waals surface area contributed by atoms with Crippen LogP contribution in [0.3, 0.4) is 0 Å². The second kappa shape index (κ2) is 6.60. The molecule has 2 aromatic rings. The summed E-state index contributed by atoms with van der Waals surface area (Å²) in [5.41, 5.74) is 9.19. The minimum absolute atomic E-state index is 0.600. The maximum atomic E-state index is 5.87. The largest absolute Gasteiger partial charge is 0.384 e. The Morgan fingerprint density at radius 3 is 2.81 bits per heavy atom. The van der Waals surface area contributed by atoms with Crippen molar-refractivity contribution in [2.45, 2.75) is 6.42 Å². The lowest BCUT2D eigenvalue weighted by Gasteiger charge is -2.26. The van der Waals surface area contributed by atoms with Crippen LogP contribution in [-0.2, 0) is 11.2 Å². The Hall–Kier alpha value is -1.37. The van der Waals surface area contributed by atoms with E-state index in [4.69, 9.17) is 10.5 Å². The lowest BCUT2D eigenvalue weighted by atomic mass is 10.0. The molecule has 3 rings (SSSR count). The zero-order valence-electron chi connectivity index (χ0n) is 11.8. The highest BCUT2D eigenvalue weighted by molar-refractivity contribution is 9.10. The molecule has 112 valence electrons. The number of aromatic amines is 1. The van der Waals surface area contributed by atoms with Gasteiger partial charge >= 0.3 is 0 Å². The summed E-state index contributed by atoms with van der Waals surface area (Å²) in [6.45, 7) is 4.82. The number of nitrogen functional groups attached to an aromatic ring is 1. The average molecular weight is 351 g/mol.